The van der Waals surface area contributed by atoms with E-state index < -0.39 is 0 Å². The number of carbonyl (C=O) groups is 1. The highest BCUT2D eigenvalue weighted by molar-refractivity contribution is 7.99. The maximum Gasteiger partial charge on any atom is 0.236 e. The minimum atomic E-state index is -0.122. The molecule has 0 aromatic carbocycles. The van der Waals surface area contributed by atoms with Gasteiger partial charge in [0.05, 0.1) is 11.1 Å². The molecule has 0 aliphatic carbocycles. The molecule has 4 heterocycles. The van der Waals surface area contributed by atoms with E-state index in [9.17, 15) is 4.79 Å². The van der Waals surface area contributed by atoms with Crippen LogP contribution in [0.25, 0.3) is 15.9 Å². The molecule has 122 valence electrons. The van der Waals surface area contributed by atoms with Crippen molar-refractivity contribution < 1.29 is 4.79 Å². The molecule has 4 aromatic heterocycles. The van der Waals surface area contributed by atoms with E-state index in [1.54, 1.807) is 23.9 Å². The Hall–Kier alpha value is -2.04. The van der Waals surface area contributed by atoms with Gasteiger partial charge in [-0.25, -0.2) is 9.97 Å². The lowest BCUT2D eigenvalue weighted by molar-refractivity contribution is -0.113. The van der Waals surface area contributed by atoms with Gasteiger partial charge in [0.25, 0.3) is 0 Å². The van der Waals surface area contributed by atoms with Crippen LogP contribution in [0.2, 0.25) is 0 Å². The third kappa shape index (κ3) is 2.66. The van der Waals surface area contributed by atoms with Crippen LogP contribution < -0.4 is 5.32 Å². The summed E-state index contributed by atoms with van der Waals surface area (Å²) in [5.74, 6) is 0.114. The topological polar surface area (TPSA) is 85.1 Å². The highest BCUT2D eigenvalue weighted by Gasteiger charge is 2.16. The molecule has 0 bridgehead atoms. The molecule has 0 spiro atoms. The van der Waals surface area contributed by atoms with Crippen molar-refractivity contribution in [2.75, 3.05) is 11.1 Å². The second-order valence-electron chi connectivity index (χ2n) is 5.06. The molecular weight excluding hydrogens is 364 g/mol. The number of hydrogen-bond acceptors (Lipinski definition) is 8. The average Bonchev–Trinajstić information content (AvgIpc) is 3.26. The van der Waals surface area contributed by atoms with Gasteiger partial charge in [-0.05, 0) is 19.4 Å². The number of fused-ring (bicyclic) bond motifs is 3. The Morgan fingerprint density at radius 3 is 3.00 bits per heavy atom. The lowest BCUT2D eigenvalue weighted by Gasteiger charge is -2.01. The number of thioether (sulfide) groups is 1. The molecule has 0 saturated heterocycles. The summed E-state index contributed by atoms with van der Waals surface area (Å²) in [6.07, 6.45) is 3.37. The molecule has 0 aliphatic rings. The van der Waals surface area contributed by atoms with Crippen molar-refractivity contribution in [3.63, 3.8) is 0 Å². The molecule has 0 atom stereocenters. The largest absolute Gasteiger partial charge is 0.301 e. The molecule has 4 rings (SSSR count). The number of aryl methyl sites for hydroxylation is 2. The van der Waals surface area contributed by atoms with E-state index in [0.717, 1.165) is 15.9 Å². The standard InChI is InChI=1S/C14H12N6OS3/c1-7-8(2)24-12-10(7)11-18-19-14(20(11)6-16-12)23-5-9(21)17-13-15-3-4-22-13/h3-4,6H,5H2,1-2H3,(H,15,17,21). The van der Waals surface area contributed by atoms with Crippen LogP contribution >= 0.6 is 34.4 Å². The van der Waals surface area contributed by atoms with Crippen LogP contribution in [0.1, 0.15) is 10.4 Å². The summed E-state index contributed by atoms with van der Waals surface area (Å²) >= 11 is 4.37. The number of thiophene rings is 1. The number of thiazole rings is 1. The maximum absolute atomic E-state index is 12.0. The van der Waals surface area contributed by atoms with Crippen molar-refractivity contribution in [1.82, 2.24) is 24.6 Å². The number of carbonyl (C=O) groups excluding carboxylic acids is 1. The van der Waals surface area contributed by atoms with E-state index >= 15 is 0 Å². The molecule has 1 amide bonds. The molecule has 1 N–H and O–H groups in total. The quantitative estimate of drug-likeness (QED) is 0.551. The molecule has 7 nitrogen and oxygen atoms in total. The second-order valence-corrected chi connectivity index (χ2v) is 8.10. The SMILES string of the molecule is Cc1sc2ncn3c(SCC(=O)Nc4nccs4)nnc3c2c1C. The first-order valence-electron chi connectivity index (χ1n) is 7.05. The number of anilines is 1. The highest BCUT2D eigenvalue weighted by Crippen LogP contribution is 2.32. The van der Waals surface area contributed by atoms with Gasteiger partial charge in [-0.2, -0.15) is 0 Å². The predicted octanol–water partition coefficient (Wildman–Crippen LogP) is 3.14. The third-order valence-corrected chi connectivity index (χ3v) is 6.30. The van der Waals surface area contributed by atoms with Gasteiger partial charge in [0.1, 0.15) is 11.2 Å². The first-order chi connectivity index (χ1) is 11.6. The van der Waals surface area contributed by atoms with E-state index in [0.29, 0.717) is 10.3 Å². The molecule has 4 aromatic rings. The Balaban J connectivity index is 1.59. The van der Waals surface area contributed by atoms with E-state index in [1.807, 2.05) is 9.78 Å². The number of hydrogen-bond donors (Lipinski definition) is 1. The van der Waals surface area contributed by atoms with Crippen LogP contribution in [0, 0.1) is 13.8 Å². The van der Waals surface area contributed by atoms with Gasteiger partial charge in [0.15, 0.2) is 15.9 Å². The fourth-order valence-electron chi connectivity index (χ4n) is 2.29. The summed E-state index contributed by atoms with van der Waals surface area (Å²) in [6, 6.07) is 0. The van der Waals surface area contributed by atoms with Crippen LogP contribution in [0.5, 0.6) is 0 Å². The van der Waals surface area contributed by atoms with Crippen LogP contribution in [-0.4, -0.2) is 36.2 Å². The number of aromatic nitrogens is 5. The molecule has 24 heavy (non-hydrogen) atoms. The highest BCUT2D eigenvalue weighted by atomic mass is 32.2. The summed E-state index contributed by atoms with van der Waals surface area (Å²) < 4.78 is 1.84. The van der Waals surface area contributed by atoms with Crippen molar-refractivity contribution in [2.45, 2.75) is 19.0 Å². The summed E-state index contributed by atoms with van der Waals surface area (Å²) in [5.41, 5.74) is 1.96. The monoisotopic (exact) mass is 376 g/mol. The Labute approximate surface area is 149 Å². The van der Waals surface area contributed by atoms with Crippen LogP contribution in [-0.2, 0) is 4.79 Å². The van der Waals surface area contributed by atoms with Gasteiger partial charge in [0.2, 0.25) is 5.91 Å². The van der Waals surface area contributed by atoms with Gasteiger partial charge >= 0.3 is 0 Å². The van der Waals surface area contributed by atoms with Crippen molar-refractivity contribution in [1.29, 1.82) is 0 Å². The van der Waals surface area contributed by atoms with Gasteiger partial charge < -0.3 is 5.32 Å². The lowest BCUT2D eigenvalue weighted by Crippen LogP contribution is -2.14. The van der Waals surface area contributed by atoms with E-state index in [2.05, 4.69) is 39.3 Å². The molecular formula is C14H12N6OS3. The normalized spacial score (nSPS) is 11.4. The number of nitrogens with zero attached hydrogens (tertiary/aromatic N) is 5. The zero-order valence-corrected chi connectivity index (χ0v) is 15.3. The summed E-state index contributed by atoms with van der Waals surface area (Å²) in [5, 5.41) is 15.4. The minimum Gasteiger partial charge on any atom is -0.301 e. The van der Waals surface area contributed by atoms with E-state index in [4.69, 9.17) is 0 Å². The van der Waals surface area contributed by atoms with E-state index in [-0.39, 0.29) is 11.7 Å². The second kappa shape index (κ2) is 6.11. The molecule has 0 saturated carbocycles. The molecule has 0 unspecified atom stereocenters. The average molecular weight is 376 g/mol. The predicted molar refractivity (Wildman–Crippen MR) is 97.1 cm³/mol. The molecule has 10 heteroatoms. The summed E-state index contributed by atoms with van der Waals surface area (Å²) in [7, 11) is 0. The Morgan fingerprint density at radius 2 is 2.21 bits per heavy atom. The Morgan fingerprint density at radius 1 is 1.33 bits per heavy atom. The lowest BCUT2D eigenvalue weighted by atomic mass is 10.2. The van der Waals surface area contributed by atoms with Crippen LogP contribution in [0.4, 0.5) is 5.13 Å². The number of rotatable bonds is 4. The van der Waals surface area contributed by atoms with Crippen molar-refractivity contribution >= 4 is 61.3 Å². The number of amides is 1. The number of nitrogens with one attached hydrogen (secondary N) is 1. The summed E-state index contributed by atoms with van der Waals surface area (Å²) in [4.78, 5) is 22.7. The van der Waals surface area contributed by atoms with Crippen LogP contribution in [0.3, 0.4) is 0 Å². The molecule has 0 radical (unpaired) electrons. The van der Waals surface area contributed by atoms with Gasteiger partial charge in [-0.3, -0.25) is 9.20 Å². The molecule has 0 aliphatic heterocycles. The Kier molecular flexibility index (Phi) is 3.94. The van der Waals surface area contributed by atoms with Crippen molar-refractivity contribution in [3.05, 3.63) is 28.3 Å². The van der Waals surface area contributed by atoms with Crippen molar-refractivity contribution in [2.24, 2.45) is 0 Å². The van der Waals surface area contributed by atoms with E-state index in [1.165, 1.54) is 33.5 Å². The molecule has 0 fully saturated rings. The smallest absolute Gasteiger partial charge is 0.236 e. The zero-order valence-electron chi connectivity index (χ0n) is 12.8. The van der Waals surface area contributed by atoms with Gasteiger partial charge in [-0.1, -0.05) is 11.8 Å². The maximum atomic E-state index is 12.0. The third-order valence-electron chi connectivity index (χ3n) is 3.56. The first kappa shape index (κ1) is 15.5. The zero-order chi connectivity index (χ0) is 16.7. The summed E-state index contributed by atoms with van der Waals surface area (Å²) in [6.45, 7) is 4.14. The first-order valence-corrected chi connectivity index (χ1v) is 9.73. The Bertz CT molecular complexity index is 1040. The van der Waals surface area contributed by atoms with Crippen LogP contribution in [0.15, 0.2) is 23.1 Å². The van der Waals surface area contributed by atoms with Crippen molar-refractivity contribution in [3.8, 4) is 0 Å². The fourth-order valence-corrected chi connectivity index (χ4v) is 4.53. The van der Waals surface area contributed by atoms with Gasteiger partial charge in [-0.15, -0.1) is 32.9 Å². The minimum absolute atomic E-state index is 0.122. The van der Waals surface area contributed by atoms with Gasteiger partial charge in [0, 0.05) is 16.5 Å². The fraction of sp³-hybridized carbons (Fsp3) is 0.214.